The van der Waals surface area contributed by atoms with Crippen molar-refractivity contribution in [1.29, 1.82) is 0 Å². The summed E-state index contributed by atoms with van der Waals surface area (Å²) in [6, 6.07) is 0. The lowest BCUT2D eigenvalue weighted by Crippen LogP contribution is -2.25. The van der Waals surface area contributed by atoms with E-state index in [9.17, 15) is 4.79 Å². The Balaban J connectivity index is 2.78. The number of hydrogen-bond acceptors (Lipinski definition) is 4. The molecule has 3 N–H and O–H groups in total. The zero-order valence-corrected chi connectivity index (χ0v) is 9.45. The van der Waals surface area contributed by atoms with Crippen LogP contribution >= 0.6 is 0 Å². The molecule has 0 fully saturated rings. The molecule has 0 aromatic carbocycles. The van der Waals surface area contributed by atoms with Gasteiger partial charge in [-0.2, -0.15) is 0 Å². The first-order valence-electron chi connectivity index (χ1n) is 5.06. The molecule has 84 valence electrons. The van der Waals surface area contributed by atoms with Gasteiger partial charge >= 0.3 is 0 Å². The Morgan fingerprint density at radius 1 is 1.60 bits per heavy atom. The van der Waals surface area contributed by atoms with E-state index in [1.807, 2.05) is 11.9 Å². The number of nitrogens with two attached hydrogens (primary N) is 1. The zero-order valence-electron chi connectivity index (χ0n) is 9.45. The monoisotopic (exact) mass is 210 g/mol. The van der Waals surface area contributed by atoms with Gasteiger partial charge in [0.2, 0.25) is 0 Å². The number of nitrogen functional groups attached to an aromatic ring is 1. The molecule has 0 radical (unpaired) electrons. The van der Waals surface area contributed by atoms with Crippen molar-refractivity contribution in [3.8, 4) is 0 Å². The fraction of sp³-hybridized carbons (Fsp3) is 0.600. The smallest absolute Gasteiger partial charge is 0.276 e. The number of nitrogens with one attached hydrogen (secondary N) is 1. The first-order valence-corrected chi connectivity index (χ1v) is 5.06. The van der Waals surface area contributed by atoms with E-state index in [4.69, 9.17) is 5.73 Å². The van der Waals surface area contributed by atoms with E-state index >= 15 is 0 Å². The van der Waals surface area contributed by atoms with Crippen molar-refractivity contribution in [2.75, 3.05) is 24.2 Å². The number of rotatable bonds is 4. The molecule has 0 unspecified atom stereocenters. The number of nitrogens with zero attached hydrogens (tertiary/aromatic N) is 2. The van der Waals surface area contributed by atoms with Gasteiger partial charge in [-0.25, -0.2) is 4.98 Å². The molecule has 5 nitrogen and oxygen atoms in total. The Kier molecular flexibility index (Phi) is 3.71. The minimum absolute atomic E-state index is 0.184. The summed E-state index contributed by atoms with van der Waals surface area (Å²) in [5.41, 5.74) is 5.54. The first kappa shape index (κ1) is 11.6. The van der Waals surface area contributed by atoms with Crippen LogP contribution in [-0.2, 0) is 0 Å². The van der Waals surface area contributed by atoms with Crippen LogP contribution < -0.4 is 16.2 Å². The number of anilines is 2. The Bertz CT molecular complexity index is 372. The molecule has 0 spiro atoms. The third kappa shape index (κ3) is 2.97. The van der Waals surface area contributed by atoms with Crippen molar-refractivity contribution < 1.29 is 0 Å². The number of aromatic nitrogens is 2. The minimum atomic E-state index is -0.281. The molecule has 0 aliphatic carbocycles. The Morgan fingerprint density at radius 3 is 2.87 bits per heavy atom. The molecule has 1 aromatic rings. The second kappa shape index (κ2) is 4.82. The molecule has 0 aliphatic heterocycles. The third-order valence-corrected chi connectivity index (χ3v) is 2.27. The van der Waals surface area contributed by atoms with Crippen molar-refractivity contribution in [3.05, 3.63) is 16.7 Å². The van der Waals surface area contributed by atoms with Gasteiger partial charge in [0.25, 0.3) is 5.56 Å². The fourth-order valence-corrected chi connectivity index (χ4v) is 1.26. The Morgan fingerprint density at radius 2 is 2.27 bits per heavy atom. The van der Waals surface area contributed by atoms with Gasteiger partial charge < -0.3 is 15.6 Å². The summed E-state index contributed by atoms with van der Waals surface area (Å²) in [4.78, 5) is 19.6. The van der Waals surface area contributed by atoms with Gasteiger partial charge in [-0.15, -0.1) is 0 Å². The van der Waals surface area contributed by atoms with Crippen LogP contribution in [0.3, 0.4) is 0 Å². The lowest BCUT2D eigenvalue weighted by Gasteiger charge is -2.19. The van der Waals surface area contributed by atoms with Gasteiger partial charge in [0, 0.05) is 13.6 Å². The van der Waals surface area contributed by atoms with Gasteiger partial charge in [0.1, 0.15) is 5.69 Å². The molecule has 0 bridgehead atoms. The van der Waals surface area contributed by atoms with Crippen LogP contribution in [0.5, 0.6) is 0 Å². The average molecular weight is 210 g/mol. The molecule has 5 heteroatoms. The van der Waals surface area contributed by atoms with Gasteiger partial charge in [0.15, 0.2) is 5.82 Å². The predicted octanol–water partition coefficient (Wildman–Crippen LogP) is 0.834. The topological polar surface area (TPSA) is 75.0 Å². The molecular weight excluding hydrogens is 192 g/mol. The highest BCUT2D eigenvalue weighted by molar-refractivity contribution is 5.60. The second-order valence-corrected chi connectivity index (χ2v) is 4.07. The summed E-state index contributed by atoms with van der Waals surface area (Å²) < 4.78 is 0. The van der Waals surface area contributed by atoms with Crippen LogP contribution in [0.15, 0.2) is 11.1 Å². The summed E-state index contributed by atoms with van der Waals surface area (Å²) >= 11 is 0. The maximum atomic E-state index is 11.2. The quantitative estimate of drug-likeness (QED) is 0.772. The van der Waals surface area contributed by atoms with Crippen LogP contribution in [0.25, 0.3) is 0 Å². The van der Waals surface area contributed by atoms with Crippen molar-refractivity contribution in [3.63, 3.8) is 0 Å². The van der Waals surface area contributed by atoms with Crippen molar-refractivity contribution >= 4 is 11.5 Å². The SMILES string of the molecule is CC(C)CCN(C)c1nc[nH]c(=O)c1N. The van der Waals surface area contributed by atoms with Crippen LogP contribution in [-0.4, -0.2) is 23.6 Å². The third-order valence-electron chi connectivity index (χ3n) is 2.27. The molecule has 0 saturated carbocycles. The van der Waals surface area contributed by atoms with Crippen LogP contribution in [0.4, 0.5) is 11.5 Å². The van der Waals surface area contributed by atoms with Crippen molar-refractivity contribution in [1.82, 2.24) is 9.97 Å². The van der Waals surface area contributed by atoms with Crippen molar-refractivity contribution in [2.45, 2.75) is 20.3 Å². The van der Waals surface area contributed by atoms with E-state index in [2.05, 4.69) is 23.8 Å². The number of aromatic amines is 1. The molecule has 1 rings (SSSR count). The highest BCUT2D eigenvalue weighted by Crippen LogP contribution is 2.14. The standard InChI is InChI=1S/C10H18N4O/c1-7(2)4-5-14(3)9-8(11)10(15)13-6-12-9/h6-7H,4-5,11H2,1-3H3,(H,12,13,15). The second-order valence-electron chi connectivity index (χ2n) is 4.07. The van der Waals surface area contributed by atoms with Gasteiger partial charge in [-0.1, -0.05) is 13.8 Å². The Hall–Kier alpha value is -1.52. The predicted molar refractivity (Wildman–Crippen MR) is 62.0 cm³/mol. The summed E-state index contributed by atoms with van der Waals surface area (Å²) in [6.07, 6.45) is 2.42. The molecule has 1 aromatic heterocycles. The van der Waals surface area contributed by atoms with E-state index in [1.54, 1.807) is 0 Å². The molecular formula is C10H18N4O. The molecule has 0 aliphatic rings. The summed E-state index contributed by atoms with van der Waals surface area (Å²) in [6.45, 7) is 5.16. The van der Waals surface area contributed by atoms with E-state index in [1.165, 1.54) is 6.33 Å². The highest BCUT2D eigenvalue weighted by atomic mass is 16.1. The van der Waals surface area contributed by atoms with Gasteiger partial charge in [0.05, 0.1) is 6.33 Å². The zero-order chi connectivity index (χ0) is 11.4. The lowest BCUT2D eigenvalue weighted by molar-refractivity contribution is 0.583. The van der Waals surface area contributed by atoms with Gasteiger partial charge in [-0.3, -0.25) is 4.79 Å². The molecule has 0 amide bonds. The average Bonchev–Trinajstić information content (AvgIpc) is 2.18. The molecule has 0 atom stereocenters. The summed E-state index contributed by atoms with van der Waals surface area (Å²) in [5.74, 6) is 1.18. The first-order chi connectivity index (χ1) is 7.02. The van der Waals surface area contributed by atoms with E-state index < -0.39 is 0 Å². The largest absolute Gasteiger partial charge is 0.391 e. The van der Waals surface area contributed by atoms with E-state index in [-0.39, 0.29) is 11.2 Å². The number of H-pyrrole nitrogens is 1. The summed E-state index contributed by atoms with van der Waals surface area (Å²) in [7, 11) is 1.89. The van der Waals surface area contributed by atoms with E-state index in [0.29, 0.717) is 11.7 Å². The summed E-state index contributed by atoms with van der Waals surface area (Å²) in [5, 5.41) is 0. The number of hydrogen-bond donors (Lipinski definition) is 2. The molecule has 15 heavy (non-hydrogen) atoms. The highest BCUT2D eigenvalue weighted by Gasteiger charge is 2.09. The van der Waals surface area contributed by atoms with Crippen LogP contribution in [0.1, 0.15) is 20.3 Å². The van der Waals surface area contributed by atoms with Crippen molar-refractivity contribution in [2.24, 2.45) is 5.92 Å². The molecule has 1 heterocycles. The fourth-order valence-electron chi connectivity index (χ4n) is 1.26. The lowest BCUT2D eigenvalue weighted by atomic mass is 10.1. The van der Waals surface area contributed by atoms with Crippen LogP contribution in [0.2, 0.25) is 0 Å². The maximum absolute atomic E-state index is 11.2. The molecule has 0 saturated heterocycles. The normalized spacial score (nSPS) is 10.7. The maximum Gasteiger partial charge on any atom is 0.276 e. The van der Waals surface area contributed by atoms with Gasteiger partial charge in [-0.05, 0) is 12.3 Å². The van der Waals surface area contributed by atoms with E-state index in [0.717, 1.165) is 13.0 Å². The van der Waals surface area contributed by atoms with Crippen LogP contribution in [0, 0.1) is 5.92 Å². The minimum Gasteiger partial charge on any atom is -0.391 e. The Labute approximate surface area is 89.3 Å².